The van der Waals surface area contributed by atoms with E-state index in [1.54, 1.807) is 6.08 Å². The maximum atomic E-state index is 11.8. The third-order valence-electron chi connectivity index (χ3n) is 3.73. The van der Waals surface area contributed by atoms with Gasteiger partial charge >= 0.3 is 0 Å². The second-order valence-corrected chi connectivity index (χ2v) is 5.39. The van der Waals surface area contributed by atoms with Crippen molar-refractivity contribution >= 4 is 5.91 Å². The summed E-state index contributed by atoms with van der Waals surface area (Å²) in [4.78, 5) is 14.3. The lowest BCUT2D eigenvalue weighted by Gasteiger charge is -2.19. The van der Waals surface area contributed by atoms with Gasteiger partial charge in [-0.15, -0.1) is 6.58 Å². The molecule has 0 spiro atoms. The molecule has 0 unspecified atom stereocenters. The van der Waals surface area contributed by atoms with Gasteiger partial charge in [-0.2, -0.15) is 0 Å². The minimum Gasteiger partial charge on any atom is -0.349 e. The highest BCUT2D eigenvalue weighted by atomic mass is 16.1. The number of likely N-dealkylation sites (tertiary alicyclic amines) is 1. The maximum Gasteiger partial charge on any atom is 0.251 e. The van der Waals surface area contributed by atoms with Crippen molar-refractivity contribution in [2.24, 2.45) is 0 Å². The summed E-state index contributed by atoms with van der Waals surface area (Å²) in [6, 6.07) is 7.94. The summed E-state index contributed by atoms with van der Waals surface area (Å²) >= 11 is 0. The van der Waals surface area contributed by atoms with E-state index in [1.807, 2.05) is 12.1 Å². The minimum atomic E-state index is -0.0359. The van der Waals surface area contributed by atoms with Crippen LogP contribution in [0.4, 0.5) is 0 Å². The first kappa shape index (κ1) is 14.8. The van der Waals surface area contributed by atoms with Crippen molar-refractivity contribution < 1.29 is 4.79 Å². The number of benzene rings is 1. The molecule has 1 aliphatic heterocycles. The van der Waals surface area contributed by atoms with Crippen molar-refractivity contribution in [1.29, 1.82) is 0 Å². The molecule has 1 N–H and O–H groups in total. The summed E-state index contributed by atoms with van der Waals surface area (Å²) in [5.74, 6) is -0.0359. The van der Waals surface area contributed by atoms with Crippen LogP contribution in [0.5, 0.6) is 0 Å². The first-order chi connectivity index (χ1) is 9.79. The van der Waals surface area contributed by atoms with Gasteiger partial charge in [0.25, 0.3) is 5.91 Å². The average Bonchev–Trinajstić information content (AvgIpc) is 2.74. The van der Waals surface area contributed by atoms with Crippen molar-refractivity contribution in [2.75, 3.05) is 19.6 Å². The van der Waals surface area contributed by atoms with Gasteiger partial charge < -0.3 is 5.32 Å². The van der Waals surface area contributed by atoms with Gasteiger partial charge in [0.15, 0.2) is 0 Å². The second-order valence-electron chi connectivity index (χ2n) is 5.39. The molecule has 1 aromatic carbocycles. The normalized spacial score (nSPS) is 16.4. The molecule has 1 aromatic rings. The third kappa shape index (κ3) is 4.49. The van der Waals surface area contributed by atoms with Gasteiger partial charge in [-0.25, -0.2) is 0 Å². The molecule has 0 atom stereocenters. The van der Waals surface area contributed by atoms with E-state index >= 15 is 0 Å². The van der Waals surface area contributed by atoms with E-state index in [1.165, 1.54) is 44.3 Å². The number of nitrogens with one attached hydrogen (secondary N) is 1. The quantitative estimate of drug-likeness (QED) is 0.836. The van der Waals surface area contributed by atoms with Crippen LogP contribution < -0.4 is 5.32 Å². The Balaban J connectivity index is 1.90. The van der Waals surface area contributed by atoms with E-state index in [2.05, 4.69) is 28.9 Å². The number of hydrogen-bond acceptors (Lipinski definition) is 2. The van der Waals surface area contributed by atoms with Crippen molar-refractivity contribution in [1.82, 2.24) is 10.2 Å². The van der Waals surface area contributed by atoms with Crippen molar-refractivity contribution in [3.05, 3.63) is 48.0 Å². The summed E-state index contributed by atoms with van der Waals surface area (Å²) in [5, 5.41) is 2.79. The van der Waals surface area contributed by atoms with Crippen LogP contribution in [-0.2, 0) is 6.54 Å². The smallest absolute Gasteiger partial charge is 0.251 e. The van der Waals surface area contributed by atoms with Crippen LogP contribution in [0.15, 0.2) is 36.9 Å². The second kappa shape index (κ2) is 7.85. The van der Waals surface area contributed by atoms with E-state index in [4.69, 9.17) is 0 Å². The lowest BCUT2D eigenvalue weighted by molar-refractivity contribution is 0.0958. The highest BCUT2D eigenvalue weighted by molar-refractivity contribution is 5.94. The fourth-order valence-corrected chi connectivity index (χ4v) is 2.58. The fraction of sp³-hybridized carbons (Fsp3) is 0.471. The lowest BCUT2D eigenvalue weighted by Crippen LogP contribution is -2.24. The van der Waals surface area contributed by atoms with Crippen LogP contribution in [0.1, 0.15) is 41.6 Å². The summed E-state index contributed by atoms with van der Waals surface area (Å²) in [6.07, 6.45) is 7.02. The van der Waals surface area contributed by atoms with Crippen LogP contribution in [-0.4, -0.2) is 30.4 Å². The predicted molar refractivity (Wildman–Crippen MR) is 82.7 cm³/mol. The molecule has 1 saturated heterocycles. The lowest BCUT2D eigenvalue weighted by atomic mass is 10.1. The van der Waals surface area contributed by atoms with Crippen LogP contribution >= 0.6 is 0 Å². The molecule has 1 amide bonds. The van der Waals surface area contributed by atoms with Crippen molar-refractivity contribution in [3.8, 4) is 0 Å². The van der Waals surface area contributed by atoms with Gasteiger partial charge in [0.05, 0.1) is 0 Å². The van der Waals surface area contributed by atoms with Gasteiger partial charge in [0.1, 0.15) is 0 Å². The molecule has 3 nitrogen and oxygen atoms in total. The van der Waals surface area contributed by atoms with E-state index in [0.29, 0.717) is 12.1 Å². The van der Waals surface area contributed by atoms with E-state index in [-0.39, 0.29) is 5.91 Å². The number of carbonyl (C=O) groups excluding carboxylic acids is 1. The maximum absolute atomic E-state index is 11.8. The number of carbonyl (C=O) groups is 1. The van der Waals surface area contributed by atoms with E-state index in [0.717, 1.165) is 6.54 Å². The van der Waals surface area contributed by atoms with Crippen LogP contribution in [0.25, 0.3) is 0 Å². The molecule has 0 bridgehead atoms. The molecule has 0 aliphatic carbocycles. The van der Waals surface area contributed by atoms with Crippen molar-refractivity contribution in [2.45, 2.75) is 32.2 Å². The number of nitrogens with zero attached hydrogens (tertiary/aromatic N) is 1. The zero-order chi connectivity index (χ0) is 14.2. The first-order valence-corrected chi connectivity index (χ1v) is 7.50. The van der Waals surface area contributed by atoms with E-state index < -0.39 is 0 Å². The molecule has 20 heavy (non-hydrogen) atoms. The van der Waals surface area contributed by atoms with Gasteiger partial charge in [0, 0.05) is 18.7 Å². The number of amides is 1. The Morgan fingerprint density at radius 1 is 1.15 bits per heavy atom. The first-order valence-electron chi connectivity index (χ1n) is 7.50. The average molecular weight is 272 g/mol. The molecule has 108 valence electrons. The Bertz CT molecular complexity index is 431. The number of rotatable bonds is 5. The standard InChI is InChI=1S/C17H24N2O/c1-2-11-18-17(20)16-9-7-15(8-10-16)14-19-12-5-3-4-6-13-19/h2,7-10H,1,3-6,11-14H2,(H,18,20). The molecule has 3 heteroatoms. The Kier molecular flexibility index (Phi) is 5.81. The highest BCUT2D eigenvalue weighted by Gasteiger charge is 2.10. The Labute approximate surface area is 121 Å². The summed E-state index contributed by atoms with van der Waals surface area (Å²) < 4.78 is 0. The van der Waals surface area contributed by atoms with Crippen LogP contribution in [0, 0.1) is 0 Å². The van der Waals surface area contributed by atoms with Crippen LogP contribution in [0.2, 0.25) is 0 Å². The monoisotopic (exact) mass is 272 g/mol. The third-order valence-corrected chi connectivity index (χ3v) is 3.73. The molecule has 2 rings (SSSR count). The highest BCUT2D eigenvalue weighted by Crippen LogP contribution is 2.13. The van der Waals surface area contributed by atoms with Crippen LogP contribution in [0.3, 0.4) is 0 Å². The van der Waals surface area contributed by atoms with Gasteiger partial charge in [-0.05, 0) is 43.6 Å². The van der Waals surface area contributed by atoms with E-state index in [9.17, 15) is 4.79 Å². The molecule has 0 radical (unpaired) electrons. The summed E-state index contributed by atoms with van der Waals surface area (Å²) in [7, 11) is 0. The fourth-order valence-electron chi connectivity index (χ4n) is 2.58. The molecule has 1 aliphatic rings. The molecule has 0 aromatic heterocycles. The molecular weight excluding hydrogens is 248 g/mol. The topological polar surface area (TPSA) is 32.3 Å². The largest absolute Gasteiger partial charge is 0.349 e. The van der Waals surface area contributed by atoms with Crippen molar-refractivity contribution in [3.63, 3.8) is 0 Å². The predicted octanol–water partition coefficient (Wildman–Crippen LogP) is 2.98. The molecule has 0 saturated carbocycles. The zero-order valence-corrected chi connectivity index (χ0v) is 12.1. The zero-order valence-electron chi connectivity index (χ0n) is 12.1. The molecule has 1 fully saturated rings. The van der Waals surface area contributed by atoms with Gasteiger partial charge in [0.2, 0.25) is 0 Å². The number of hydrogen-bond donors (Lipinski definition) is 1. The molecule has 1 heterocycles. The summed E-state index contributed by atoms with van der Waals surface area (Å²) in [5.41, 5.74) is 2.00. The minimum absolute atomic E-state index is 0.0359. The SMILES string of the molecule is C=CCNC(=O)c1ccc(CN2CCCCCC2)cc1. The molecular formula is C17H24N2O. The van der Waals surface area contributed by atoms with Gasteiger partial charge in [-0.3, -0.25) is 9.69 Å². The Hall–Kier alpha value is -1.61. The summed E-state index contributed by atoms with van der Waals surface area (Å²) in [6.45, 7) is 7.49. The Morgan fingerprint density at radius 3 is 2.40 bits per heavy atom. The Morgan fingerprint density at radius 2 is 1.80 bits per heavy atom. The van der Waals surface area contributed by atoms with Gasteiger partial charge in [-0.1, -0.05) is 31.1 Å².